The Labute approximate surface area is 196 Å². The predicted molar refractivity (Wildman–Crippen MR) is 119 cm³/mol. The van der Waals surface area contributed by atoms with Crippen LogP contribution in [0.25, 0.3) is 11.5 Å². The molecule has 0 N–H and O–H groups in total. The van der Waals surface area contributed by atoms with Crippen LogP contribution in [-0.4, -0.2) is 63.7 Å². The van der Waals surface area contributed by atoms with Crippen LogP contribution in [0.4, 0.5) is 13.2 Å². The third kappa shape index (κ3) is 4.14. The second-order valence-electron chi connectivity index (χ2n) is 10.6. The van der Waals surface area contributed by atoms with Crippen LogP contribution >= 0.6 is 0 Å². The molecule has 2 saturated carbocycles. The summed E-state index contributed by atoms with van der Waals surface area (Å²) in [6.45, 7) is 1.86. The fourth-order valence-corrected chi connectivity index (χ4v) is 8.45. The molecule has 4 fully saturated rings. The number of aromatic nitrogens is 4. The molecule has 4 heterocycles. The van der Waals surface area contributed by atoms with Crippen LogP contribution in [0.5, 0.6) is 0 Å². The highest BCUT2D eigenvalue weighted by molar-refractivity contribution is 7.92. The van der Waals surface area contributed by atoms with Gasteiger partial charge in [0.15, 0.2) is 15.7 Å². The number of halogens is 3. The number of sulfone groups is 1. The minimum Gasteiger partial charge on any atom is -0.300 e. The van der Waals surface area contributed by atoms with Gasteiger partial charge in [0.05, 0.1) is 17.5 Å². The lowest BCUT2D eigenvalue weighted by Gasteiger charge is -2.48. The van der Waals surface area contributed by atoms with Crippen molar-refractivity contribution in [2.24, 2.45) is 5.41 Å². The Bertz CT molecular complexity index is 1190. The number of rotatable bonds is 4. The van der Waals surface area contributed by atoms with Crippen LogP contribution in [0, 0.1) is 5.41 Å². The molecule has 0 radical (unpaired) electrons. The molecule has 0 aromatic carbocycles. The first-order valence-corrected chi connectivity index (χ1v) is 13.9. The first kappa shape index (κ1) is 22.5. The highest BCUT2D eigenvalue weighted by atomic mass is 32.2. The molecule has 7 nitrogen and oxygen atoms in total. The number of hydrogen-bond donors (Lipinski definition) is 0. The summed E-state index contributed by atoms with van der Waals surface area (Å²) >= 11 is 0. The van der Waals surface area contributed by atoms with E-state index < -0.39 is 21.7 Å². The summed E-state index contributed by atoms with van der Waals surface area (Å²) in [4.78, 5) is 11.0. The Hall–Kier alpha value is -2.01. The van der Waals surface area contributed by atoms with Gasteiger partial charge in [0.1, 0.15) is 17.2 Å². The van der Waals surface area contributed by atoms with E-state index in [4.69, 9.17) is 4.98 Å². The molecule has 2 atom stereocenters. The van der Waals surface area contributed by atoms with Gasteiger partial charge in [0, 0.05) is 17.4 Å². The van der Waals surface area contributed by atoms with Gasteiger partial charge in [-0.05, 0) is 70.2 Å². The normalized spacial score (nSPS) is 28.8. The second kappa shape index (κ2) is 7.74. The Balaban J connectivity index is 1.18. The molecular weight excluding hydrogens is 467 g/mol. The topological polar surface area (TPSA) is 81.0 Å². The van der Waals surface area contributed by atoms with E-state index in [9.17, 15) is 21.6 Å². The van der Waals surface area contributed by atoms with Gasteiger partial charge in [-0.2, -0.15) is 13.2 Å². The summed E-state index contributed by atoms with van der Waals surface area (Å²) in [6.07, 6.45) is 2.37. The summed E-state index contributed by atoms with van der Waals surface area (Å²) in [5.41, 5.74) is -0.772. The van der Waals surface area contributed by atoms with Crippen LogP contribution in [0.2, 0.25) is 0 Å². The van der Waals surface area contributed by atoms with E-state index in [1.807, 2.05) is 4.68 Å². The van der Waals surface area contributed by atoms with Crippen molar-refractivity contribution in [2.45, 2.75) is 69.1 Å². The van der Waals surface area contributed by atoms with Crippen LogP contribution in [0.15, 0.2) is 18.2 Å². The molecule has 184 valence electrons. The lowest BCUT2D eigenvalue weighted by atomic mass is 9.80. The summed E-state index contributed by atoms with van der Waals surface area (Å²) in [7, 11) is -2.81. The first-order chi connectivity index (χ1) is 16.1. The second-order valence-corrected chi connectivity index (χ2v) is 12.7. The zero-order valence-electron chi connectivity index (χ0n) is 18.8. The van der Waals surface area contributed by atoms with Gasteiger partial charge in [0.2, 0.25) is 0 Å². The van der Waals surface area contributed by atoms with Crippen molar-refractivity contribution in [3.05, 3.63) is 29.7 Å². The van der Waals surface area contributed by atoms with E-state index in [1.54, 1.807) is 0 Å². The van der Waals surface area contributed by atoms with E-state index >= 15 is 0 Å². The van der Waals surface area contributed by atoms with Crippen LogP contribution in [0.1, 0.15) is 68.4 Å². The van der Waals surface area contributed by atoms with E-state index in [-0.39, 0.29) is 28.9 Å². The maximum Gasteiger partial charge on any atom is 0.433 e. The predicted octanol–water partition coefficient (Wildman–Crippen LogP) is 3.84. The number of pyridine rings is 1. The molecular formula is C23H28F3N5O2S. The molecule has 0 bridgehead atoms. The quantitative estimate of drug-likeness (QED) is 0.641. The first-order valence-electron chi connectivity index (χ1n) is 12.1. The van der Waals surface area contributed by atoms with Crippen molar-refractivity contribution in [3.8, 4) is 11.5 Å². The summed E-state index contributed by atoms with van der Waals surface area (Å²) in [5, 5.41) is 4.60. The van der Waals surface area contributed by atoms with Gasteiger partial charge < -0.3 is 4.90 Å². The highest BCUT2D eigenvalue weighted by Crippen LogP contribution is 2.46. The molecule has 1 spiro atoms. The van der Waals surface area contributed by atoms with E-state index in [1.165, 1.54) is 12.1 Å². The van der Waals surface area contributed by atoms with E-state index in [0.717, 1.165) is 69.9 Å². The summed E-state index contributed by atoms with van der Waals surface area (Å²) in [6, 6.07) is 4.55. The van der Waals surface area contributed by atoms with Gasteiger partial charge in [0.25, 0.3) is 0 Å². The van der Waals surface area contributed by atoms with Gasteiger partial charge in [-0.25, -0.2) is 23.1 Å². The molecule has 2 aromatic heterocycles. The van der Waals surface area contributed by atoms with Crippen molar-refractivity contribution >= 4 is 9.84 Å². The number of alkyl halides is 3. The number of hydrogen-bond acceptors (Lipinski definition) is 6. The third-order valence-corrected chi connectivity index (χ3v) is 10.1. The summed E-state index contributed by atoms with van der Waals surface area (Å²) < 4.78 is 64.7. The maximum atomic E-state index is 13.1. The lowest BCUT2D eigenvalue weighted by molar-refractivity contribution is -0.141. The molecule has 11 heteroatoms. The Kier molecular flexibility index (Phi) is 5.11. The maximum absolute atomic E-state index is 13.1. The molecule has 0 amide bonds. The molecule has 0 unspecified atom stereocenters. The van der Waals surface area contributed by atoms with Gasteiger partial charge in [-0.3, -0.25) is 0 Å². The molecule has 6 rings (SSSR count). The SMILES string of the molecule is O=S1(=O)CC2(CCN([C@H]3CC[C@@H](c4nc(-c5cccc(C(F)(F)F)n5)nn4C4CC4)C3)CC2)C1. The van der Waals surface area contributed by atoms with Crippen LogP contribution in [0.3, 0.4) is 0 Å². The van der Waals surface area contributed by atoms with Gasteiger partial charge >= 0.3 is 6.18 Å². The monoisotopic (exact) mass is 495 g/mol. The Morgan fingerprint density at radius 1 is 0.971 bits per heavy atom. The minimum absolute atomic E-state index is 0.00629. The number of piperidine rings is 1. The average Bonchev–Trinajstić information content (AvgIpc) is 3.32. The van der Waals surface area contributed by atoms with Crippen molar-refractivity contribution in [1.82, 2.24) is 24.6 Å². The fourth-order valence-electron chi connectivity index (χ4n) is 6.09. The van der Waals surface area contributed by atoms with Crippen LogP contribution in [-0.2, 0) is 16.0 Å². The van der Waals surface area contributed by atoms with E-state index in [0.29, 0.717) is 17.5 Å². The fraction of sp³-hybridized carbons (Fsp3) is 0.696. The van der Waals surface area contributed by atoms with Crippen LogP contribution < -0.4 is 0 Å². The van der Waals surface area contributed by atoms with Crippen molar-refractivity contribution < 1.29 is 21.6 Å². The molecule has 2 aliphatic carbocycles. The lowest BCUT2D eigenvalue weighted by Crippen LogP contribution is -2.55. The van der Waals surface area contributed by atoms with Gasteiger partial charge in [-0.15, -0.1) is 5.10 Å². The molecule has 2 aromatic rings. The zero-order valence-corrected chi connectivity index (χ0v) is 19.7. The third-order valence-electron chi connectivity index (χ3n) is 8.02. The smallest absolute Gasteiger partial charge is 0.300 e. The van der Waals surface area contributed by atoms with Crippen molar-refractivity contribution in [1.29, 1.82) is 0 Å². The highest BCUT2D eigenvalue weighted by Gasteiger charge is 2.50. The molecule has 2 aliphatic heterocycles. The standard InChI is InChI=1S/C23H28F3N5O2S/c24-23(25,26)19-3-1-2-18(27-19)20-28-21(31(29-20)16-6-7-16)15-4-5-17(12-15)30-10-8-22(9-11-30)13-34(32,33)14-22/h1-3,15-17H,4-14H2/t15-,17+/m1/s1. The van der Waals surface area contributed by atoms with Crippen molar-refractivity contribution in [2.75, 3.05) is 24.6 Å². The van der Waals surface area contributed by atoms with Crippen molar-refractivity contribution in [3.63, 3.8) is 0 Å². The number of likely N-dealkylation sites (tertiary alicyclic amines) is 1. The minimum atomic E-state index is -4.51. The Morgan fingerprint density at radius 3 is 2.32 bits per heavy atom. The molecule has 4 aliphatic rings. The average molecular weight is 496 g/mol. The molecule has 34 heavy (non-hydrogen) atoms. The van der Waals surface area contributed by atoms with E-state index in [2.05, 4.69) is 15.0 Å². The molecule has 2 saturated heterocycles. The number of nitrogens with zero attached hydrogens (tertiary/aromatic N) is 5. The largest absolute Gasteiger partial charge is 0.433 e. The Morgan fingerprint density at radius 2 is 1.68 bits per heavy atom. The van der Waals surface area contributed by atoms with Gasteiger partial charge in [-0.1, -0.05) is 6.07 Å². The summed E-state index contributed by atoms with van der Waals surface area (Å²) in [5.74, 6) is 2.05. The zero-order chi connectivity index (χ0) is 23.7.